The maximum absolute atomic E-state index is 11.6. The van der Waals surface area contributed by atoms with E-state index in [0.29, 0.717) is 0 Å². The van der Waals surface area contributed by atoms with E-state index < -0.39 is 0 Å². The molecule has 14 rings (SSSR count). The van der Waals surface area contributed by atoms with Crippen molar-refractivity contribution in [2.45, 2.75) is 0 Å². The van der Waals surface area contributed by atoms with Crippen LogP contribution in [0.4, 0.5) is 0 Å². The molecule has 0 aliphatic rings. The van der Waals surface area contributed by atoms with E-state index in [1.807, 2.05) is 23.5 Å². The number of para-hydroxylation sites is 5. The Hall–Kier alpha value is -8.38. The third-order valence-corrected chi connectivity index (χ3v) is 14.7. The van der Waals surface area contributed by atoms with Crippen LogP contribution in [0.5, 0.6) is 5.75 Å². The van der Waals surface area contributed by atoms with Crippen LogP contribution in [0.1, 0.15) is 0 Å². The Bertz CT molecular complexity index is 4210. The van der Waals surface area contributed by atoms with Crippen LogP contribution >= 0.6 is 11.3 Å². The number of fused-ring (bicyclic) bond motifs is 13. The van der Waals surface area contributed by atoms with Gasteiger partial charge in [-0.15, -0.1) is 11.3 Å². The lowest BCUT2D eigenvalue weighted by molar-refractivity contribution is 0.477. The topological polar surface area (TPSA) is 35.0 Å². The smallest absolute Gasteiger partial charge is 0.123 e. The van der Waals surface area contributed by atoms with Gasteiger partial charge in [-0.05, 0) is 114 Å². The molecule has 5 heteroatoms. The second-order valence-corrected chi connectivity index (χ2v) is 18.1. The summed E-state index contributed by atoms with van der Waals surface area (Å²) in [4.78, 5) is 0. The maximum Gasteiger partial charge on any atom is 0.123 e. The molecule has 0 atom stereocenters. The molecule has 0 spiro atoms. The van der Waals surface area contributed by atoms with Crippen LogP contribution in [0.25, 0.3) is 125 Å². The van der Waals surface area contributed by atoms with Crippen molar-refractivity contribution in [1.29, 1.82) is 0 Å². The maximum atomic E-state index is 11.6. The van der Waals surface area contributed by atoms with Crippen molar-refractivity contribution >= 4 is 96.9 Å². The fourth-order valence-corrected chi connectivity index (χ4v) is 11.9. The van der Waals surface area contributed by atoms with E-state index in [9.17, 15) is 5.11 Å². The van der Waals surface area contributed by atoms with Gasteiger partial charge in [-0.1, -0.05) is 121 Å². The predicted octanol–water partition coefficient (Wildman–Crippen LogP) is 16.4. The van der Waals surface area contributed by atoms with Gasteiger partial charge in [0.15, 0.2) is 0 Å². The third-order valence-electron chi connectivity index (χ3n) is 13.5. The number of thiophene rings is 1. The third kappa shape index (κ3) is 5.30. The van der Waals surface area contributed by atoms with Crippen molar-refractivity contribution in [3.63, 3.8) is 0 Å². The van der Waals surface area contributed by atoms with E-state index in [0.717, 1.165) is 50.3 Å². The minimum atomic E-state index is 0.249. The number of nitrogens with zero attached hydrogens (tertiary/aromatic N) is 3. The molecule has 0 saturated heterocycles. The highest BCUT2D eigenvalue weighted by molar-refractivity contribution is 7.26. The van der Waals surface area contributed by atoms with Crippen LogP contribution in [0.3, 0.4) is 0 Å². The Morgan fingerprint density at radius 1 is 0.308 bits per heavy atom. The van der Waals surface area contributed by atoms with Gasteiger partial charge in [-0.2, -0.15) is 0 Å². The summed E-state index contributed by atoms with van der Waals surface area (Å²) in [5.74, 6) is 0.249. The molecule has 65 heavy (non-hydrogen) atoms. The highest BCUT2D eigenvalue weighted by Crippen LogP contribution is 2.45. The molecule has 0 unspecified atom stereocenters. The molecule has 4 aromatic heterocycles. The second-order valence-electron chi connectivity index (χ2n) is 17.0. The molecule has 0 aliphatic carbocycles. The van der Waals surface area contributed by atoms with Gasteiger partial charge in [-0.3, -0.25) is 0 Å². The van der Waals surface area contributed by atoms with Gasteiger partial charge in [0.05, 0.1) is 33.1 Å². The largest absolute Gasteiger partial charge is 0.507 e. The standard InChI is InChI=1S/C60H37N3OS/c64-57-31-26-41(35-48(57)39-14-12-13-37(33-39)38-25-29-55-49(34-38)45-19-6-10-23-53(45)61(55)40-15-2-1-3-16-40)63-54-24-11-7-20-47(54)59-56(63)30-28-46-50-36-42(27-32-58(50)65-60(46)59)62-51-21-8-4-17-43(51)44-18-5-9-22-52(44)62/h1-36,64H. The molecule has 0 amide bonds. The van der Waals surface area contributed by atoms with Crippen molar-refractivity contribution < 1.29 is 5.11 Å². The first-order valence-corrected chi connectivity index (χ1v) is 22.9. The fourth-order valence-electron chi connectivity index (χ4n) is 10.7. The number of benzene rings is 10. The van der Waals surface area contributed by atoms with Gasteiger partial charge in [0.2, 0.25) is 0 Å². The van der Waals surface area contributed by atoms with Crippen LogP contribution in [-0.2, 0) is 0 Å². The van der Waals surface area contributed by atoms with Gasteiger partial charge in [0.1, 0.15) is 5.75 Å². The van der Waals surface area contributed by atoms with E-state index >= 15 is 0 Å². The van der Waals surface area contributed by atoms with E-state index in [2.05, 4.69) is 220 Å². The summed E-state index contributed by atoms with van der Waals surface area (Å²) < 4.78 is 9.66. The van der Waals surface area contributed by atoms with Gasteiger partial charge >= 0.3 is 0 Å². The average molecular weight is 848 g/mol. The Balaban J connectivity index is 0.898. The first kappa shape index (κ1) is 36.1. The number of hydrogen-bond acceptors (Lipinski definition) is 2. The molecule has 4 nitrogen and oxygen atoms in total. The molecule has 304 valence electrons. The molecule has 10 aromatic carbocycles. The normalized spacial score (nSPS) is 12.1. The summed E-state index contributed by atoms with van der Waals surface area (Å²) in [6.45, 7) is 0. The van der Waals surface area contributed by atoms with Crippen LogP contribution in [-0.4, -0.2) is 18.8 Å². The lowest BCUT2D eigenvalue weighted by Crippen LogP contribution is -1.95. The molecule has 0 radical (unpaired) electrons. The minimum Gasteiger partial charge on any atom is -0.507 e. The highest BCUT2D eigenvalue weighted by Gasteiger charge is 2.20. The number of phenolic OH excluding ortho intramolecular Hbond substituents is 1. The zero-order chi connectivity index (χ0) is 42.8. The number of hydrogen-bond donors (Lipinski definition) is 1. The zero-order valence-corrected chi connectivity index (χ0v) is 35.8. The average Bonchev–Trinajstić information content (AvgIpc) is 4.10. The van der Waals surface area contributed by atoms with Gasteiger partial charge in [-0.25, -0.2) is 0 Å². The van der Waals surface area contributed by atoms with Crippen LogP contribution in [0.15, 0.2) is 218 Å². The molecule has 0 aliphatic heterocycles. The van der Waals surface area contributed by atoms with Crippen LogP contribution < -0.4 is 0 Å². The van der Waals surface area contributed by atoms with E-state index in [4.69, 9.17) is 0 Å². The molecular weight excluding hydrogens is 811 g/mol. The first-order valence-electron chi connectivity index (χ1n) is 22.1. The summed E-state index contributed by atoms with van der Waals surface area (Å²) >= 11 is 1.87. The van der Waals surface area contributed by atoms with Gasteiger partial charge in [0.25, 0.3) is 0 Å². The molecule has 0 bridgehead atoms. The molecule has 1 N–H and O–H groups in total. The summed E-state index contributed by atoms with van der Waals surface area (Å²) in [6, 6.07) is 78.2. The van der Waals surface area contributed by atoms with Gasteiger partial charge < -0.3 is 18.8 Å². The summed E-state index contributed by atoms with van der Waals surface area (Å²) in [7, 11) is 0. The Morgan fingerprint density at radius 3 is 1.58 bits per heavy atom. The van der Waals surface area contributed by atoms with Crippen molar-refractivity contribution in [1.82, 2.24) is 13.7 Å². The molecule has 4 heterocycles. The van der Waals surface area contributed by atoms with Gasteiger partial charge in [0, 0.05) is 75.1 Å². The zero-order valence-electron chi connectivity index (χ0n) is 35.0. The molecule has 0 saturated carbocycles. The van der Waals surface area contributed by atoms with Crippen molar-refractivity contribution in [3.05, 3.63) is 218 Å². The van der Waals surface area contributed by atoms with Crippen LogP contribution in [0, 0.1) is 0 Å². The molecule has 0 fully saturated rings. The second kappa shape index (κ2) is 13.8. The number of aromatic nitrogens is 3. The van der Waals surface area contributed by atoms with Crippen molar-refractivity contribution in [2.24, 2.45) is 0 Å². The summed E-state index contributed by atoms with van der Waals surface area (Å²) in [5, 5.41) is 21.5. The Labute approximate surface area is 377 Å². The first-order chi connectivity index (χ1) is 32.2. The number of rotatable bonds is 5. The van der Waals surface area contributed by atoms with Crippen LogP contribution in [0.2, 0.25) is 0 Å². The monoisotopic (exact) mass is 847 g/mol. The number of phenols is 1. The summed E-state index contributed by atoms with van der Waals surface area (Å²) in [6.07, 6.45) is 0. The lowest BCUT2D eigenvalue weighted by Gasteiger charge is -2.13. The minimum absolute atomic E-state index is 0.249. The molecule has 14 aromatic rings. The summed E-state index contributed by atoms with van der Waals surface area (Å²) in [5.41, 5.74) is 14.3. The van der Waals surface area contributed by atoms with E-state index in [1.165, 1.54) is 74.6 Å². The quantitative estimate of drug-likeness (QED) is 0.184. The SMILES string of the molecule is Oc1ccc(-n2c3ccccc3c3c4sc5ccc(-n6c7ccccc7c7ccccc76)cc5c4ccc32)cc1-c1cccc(-c2ccc3c(c2)c2ccccc2n3-c2ccccc2)c1. The van der Waals surface area contributed by atoms with Crippen molar-refractivity contribution in [3.8, 4) is 45.1 Å². The predicted molar refractivity (Wildman–Crippen MR) is 275 cm³/mol. The lowest BCUT2D eigenvalue weighted by atomic mass is 9.97. The fraction of sp³-hybridized carbons (Fsp3) is 0. The van der Waals surface area contributed by atoms with E-state index in [1.54, 1.807) is 0 Å². The molecular formula is C60H37N3OS. The van der Waals surface area contributed by atoms with E-state index in [-0.39, 0.29) is 5.75 Å². The highest BCUT2D eigenvalue weighted by atomic mass is 32.1. The number of aromatic hydroxyl groups is 1. The Kier molecular flexibility index (Phi) is 7.68. The van der Waals surface area contributed by atoms with Crippen molar-refractivity contribution in [2.75, 3.05) is 0 Å². The Morgan fingerprint density at radius 2 is 0.846 bits per heavy atom.